The van der Waals surface area contributed by atoms with Crippen molar-refractivity contribution in [2.24, 2.45) is 0 Å². The van der Waals surface area contributed by atoms with E-state index in [-0.39, 0.29) is 12.1 Å². The van der Waals surface area contributed by atoms with Crippen LogP contribution in [0.15, 0.2) is 18.2 Å². The van der Waals surface area contributed by atoms with E-state index in [0.29, 0.717) is 0 Å². The van der Waals surface area contributed by atoms with Gasteiger partial charge >= 0.3 is 6.03 Å². The summed E-state index contributed by atoms with van der Waals surface area (Å²) in [7, 11) is 0. The second-order valence-electron chi connectivity index (χ2n) is 5.16. The molecule has 0 spiro atoms. The number of carbonyl (C=O) groups excluding carboxylic acids is 1. The Morgan fingerprint density at radius 3 is 3.11 bits per heavy atom. The van der Waals surface area contributed by atoms with Gasteiger partial charge in [-0.3, -0.25) is 0 Å². The summed E-state index contributed by atoms with van der Waals surface area (Å²) in [6.45, 7) is 2.85. The Labute approximate surface area is 114 Å². The highest BCUT2D eigenvalue weighted by Gasteiger charge is 2.21. The third kappa shape index (κ3) is 3.63. The van der Waals surface area contributed by atoms with Crippen LogP contribution in [0.4, 0.5) is 10.5 Å². The van der Waals surface area contributed by atoms with Crippen molar-refractivity contribution in [3.05, 3.63) is 29.3 Å². The van der Waals surface area contributed by atoms with Crippen molar-refractivity contribution < 1.29 is 4.79 Å². The van der Waals surface area contributed by atoms with Crippen LogP contribution < -0.4 is 16.4 Å². The molecule has 0 aliphatic heterocycles. The Morgan fingerprint density at radius 1 is 1.47 bits per heavy atom. The van der Waals surface area contributed by atoms with Crippen LogP contribution in [0.1, 0.15) is 49.8 Å². The first kappa shape index (κ1) is 13.7. The molecule has 0 saturated carbocycles. The molecule has 1 aromatic rings. The summed E-state index contributed by atoms with van der Waals surface area (Å²) in [6, 6.07) is 6.03. The molecule has 0 bridgehead atoms. The summed E-state index contributed by atoms with van der Waals surface area (Å²) in [6.07, 6.45) is 5.25. The number of benzene rings is 1. The highest BCUT2D eigenvalue weighted by molar-refractivity contribution is 5.74. The van der Waals surface area contributed by atoms with Crippen LogP contribution >= 0.6 is 0 Å². The van der Waals surface area contributed by atoms with Gasteiger partial charge in [-0.05, 0) is 48.9 Å². The number of urea groups is 1. The van der Waals surface area contributed by atoms with Gasteiger partial charge in [0, 0.05) is 12.2 Å². The molecule has 19 heavy (non-hydrogen) atoms. The summed E-state index contributed by atoms with van der Waals surface area (Å²) < 4.78 is 0. The fourth-order valence-corrected chi connectivity index (χ4v) is 2.57. The Balaban J connectivity index is 1.97. The molecule has 1 atom stereocenters. The topological polar surface area (TPSA) is 67.2 Å². The molecule has 4 heteroatoms. The number of anilines is 1. The molecule has 1 aliphatic carbocycles. The lowest BCUT2D eigenvalue weighted by Crippen LogP contribution is -2.39. The van der Waals surface area contributed by atoms with Gasteiger partial charge in [-0.1, -0.05) is 19.4 Å². The summed E-state index contributed by atoms with van der Waals surface area (Å²) >= 11 is 0. The number of fused-ring (bicyclic) bond motifs is 1. The number of hydrogen-bond donors (Lipinski definition) is 3. The van der Waals surface area contributed by atoms with Crippen LogP contribution in [-0.4, -0.2) is 12.6 Å². The fourth-order valence-electron chi connectivity index (χ4n) is 2.57. The van der Waals surface area contributed by atoms with Crippen molar-refractivity contribution in [3.63, 3.8) is 0 Å². The molecule has 1 unspecified atom stereocenters. The number of carbonyl (C=O) groups is 1. The second kappa shape index (κ2) is 6.45. The lowest BCUT2D eigenvalue weighted by Gasteiger charge is -2.26. The van der Waals surface area contributed by atoms with Gasteiger partial charge in [0.2, 0.25) is 0 Å². The predicted molar refractivity (Wildman–Crippen MR) is 78.0 cm³/mol. The third-order valence-corrected chi connectivity index (χ3v) is 3.60. The first-order valence-corrected chi connectivity index (χ1v) is 7.13. The Morgan fingerprint density at radius 2 is 2.32 bits per heavy atom. The van der Waals surface area contributed by atoms with Gasteiger partial charge in [0.1, 0.15) is 0 Å². The molecule has 104 valence electrons. The summed E-state index contributed by atoms with van der Waals surface area (Å²) in [4.78, 5) is 11.8. The lowest BCUT2D eigenvalue weighted by molar-refractivity contribution is 0.235. The number of nitrogen functional groups attached to an aromatic ring is 1. The number of unbranched alkanes of at least 4 members (excludes halogenated alkanes) is 1. The predicted octanol–water partition coefficient (Wildman–Crippen LogP) is 2.75. The molecule has 2 amide bonds. The highest BCUT2D eigenvalue weighted by atomic mass is 16.2. The maximum atomic E-state index is 11.8. The van der Waals surface area contributed by atoms with E-state index in [1.165, 1.54) is 11.1 Å². The average molecular weight is 261 g/mol. The normalized spacial score (nSPS) is 17.6. The van der Waals surface area contributed by atoms with Crippen LogP contribution in [0.2, 0.25) is 0 Å². The molecule has 0 saturated heterocycles. The zero-order chi connectivity index (χ0) is 13.7. The summed E-state index contributed by atoms with van der Waals surface area (Å²) in [5, 5.41) is 5.96. The van der Waals surface area contributed by atoms with Gasteiger partial charge in [0.15, 0.2) is 0 Å². The van der Waals surface area contributed by atoms with Crippen LogP contribution in [0, 0.1) is 0 Å². The molecule has 0 fully saturated rings. The van der Waals surface area contributed by atoms with E-state index in [1.807, 2.05) is 18.2 Å². The molecule has 4 N–H and O–H groups in total. The number of hydrogen-bond acceptors (Lipinski definition) is 2. The first-order valence-electron chi connectivity index (χ1n) is 7.13. The van der Waals surface area contributed by atoms with Crippen molar-refractivity contribution in [2.45, 2.75) is 45.1 Å². The van der Waals surface area contributed by atoms with Crippen molar-refractivity contribution in [3.8, 4) is 0 Å². The minimum absolute atomic E-state index is 0.0666. The Kier molecular flexibility index (Phi) is 4.66. The van der Waals surface area contributed by atoms with Gasteiger partial charge in [-0.2, -0.15) is 0 Å². The third-order valence-electron chi connectivity index (χ3n) is 3.60. The Bertz CT molecular complexity index is 445. The van der Waals surface area contributed by atoms with Crippen LogP contribution in [0.25, 0.3) is 0 Å². The van der Waals surface area contributed by atoms with Crippen LogP contribution in [0.5, 0.6) is 0 Å². The zero-order valence-electron chi connectivity index (χ0n) is 11.5. The first-order chi connectivity index (χ1) is 9.20. The zero-order valence-corrected chi connectivity index (χ0v) is 11.5. The molecule has 0 heterocycles. The Hall–Kier alpha value is -1.71. The summed E-state index contributed by atoms with van der Waals surface area (Å²) in [5.41, 5.74) is 9.09. The molecule has 2 rings (SSSR count). The van der Waals surface area contributed by atoms with Crippen molar-refractivity contribution >= 4 is 11.7 Å². The molecule has 1 aliphatic rings. The SMILES string of the molecule is CCCCNC(=O)NC1CCCc2cc(N)ccc21. The number of rotatable bonds is 4. The largest absolute Gasteiger partial charge is 0.399 e. The molecule has 4 nitrogen and oxygen atoms in total. The van der Waals surface area contributed by atoms with Gasteiger partial charge in [-0.15, -0.1) is 0 Å². The van der Waals surface area contributed by atoms with E-state index < -0.39 is 0 Å². The quantitative estimate of drug-likeness (QED) is 0.576. The monoisotopic (exact) mass is 261 g/mol. The number of aryl methyl sites for hydroxylation is 1. The second-order valence-corrected chi connectivity index (χ2v) is 5.16. The van der Waals surface area contributed by atoms with Gasteiger partial charge in [0.05, 0.1) is 6.04 Å². The summed E-state index contributed by atoms with van der Waals surface area (Å²) in [5.74, 6) is 0. The van der Waals surface area contributed by atoms with Gasteiger partial charge in [0.25, 0.3) is 0 Å². The standard InChI is InChI=1S/C15H23N3O/c1-2-3-9-17-15(19)18-14-6-4-5-11-10-12(16)7-8-13(11)14/h7-8,10,14H,2-6,9,16H2,1H3,(H2,17,18,19). The van der Waals surface area contributed by atoms with E-state index in [9.17, 15) is 4.79 Å². The van der Waals surface area contributed by atoms with E-state index in [1.54, 1.807) is 0 Å². The number of nitrogens with one attached hydrogen (secondary N) is 2. The fraction of sp³-hybridized carbons (Fsp3) is 0.533. The van der Waals surface area contributed by atoms with Crippen molar-refractivity contribution in [1.29, 1.82) is 0 Å². The molecule has 0 radical (unpaired) electrons. The maximum Gasteiger partial charge on any atom is 0.315 e. The number of amides is 2. The molecule has 1 aromatic carbocycles. The van der Waals surface area contributed by atoms with Crippen LogP contribution in [-0.2, 0) is 6.42 Å². The highest BCUT2D eigenvalue weighted by Crippen LogP contribution is 2.30. The molecule has 0 aromatic heterocycles. The maximum absolute atomic E-state index is 11.8. The van der Waals surface area contributed by atoms with E-state index in [2.05, 4.69) is 17.6 Å². The van der Waals surface area contributed by atoms with E-state index in [0.717, 1.165) is 44.3 Å². The smallest absolute Gasteiger partial charge is 0.315 e. The number of nitrogens with two attached hydrogens (primary N) is 1. The lowest BCUT2D eigenvalue weighted by atomic mass is 9.87. The molecular formula is C15H23N3O. The van der Waals surface area contributed by atoms with E-state index >= 15 is 0 Å². The van der Waals surface area contributed by atoms with Crippen molar-refractivity contribution in [1.82, 2.24) is 10.6 Å². The minimum atomic E-state index is -0.0666. The van der Waals surface area contributed by atoms with Crippen LogP contribution in [0.3, 0.4) is 0 Å². The van der Waals surface area contributed by atoms with Gasteiger partial charge in [-0.25, -0.2) is 4.79 Å². The molecular weight excluding hydrogens is 238 g/mol. The minimum Gasteiger partial charge on any atom is -0.399 e. The van der Waals surface area contributed by atoms with Crippen molar-refractivity contribution in [2.75, 3.05) is 12.3 Å². The average Bonchev–Trinajstić information content (AvgIpc) is 2.39. The van der Waals surface area contributed by atoms with Gasteiger partial charge < -0.3 is 16.4 Å². The van der Waals surface area contributed by atoms with E-state index in [4.69, 9.17) is 5.73 Å².